The smallest absolute Gasteiger partial charge is 0.342 e. The van der Waals surface area contributed by atoms with Crippen LogP contribution < -0.4 is 4.57 Å². The number of H-pyrrole nitrogens is 1. The van der Waals surface area contributed by atoms with Crippen molar-refractivity contribution < 1.29 is 26.9 Å². The molecule has 0 unspecified atom stereocenters. The maximum Gasteiger partial charge on any atom is 0.457 e. The average molecular weight is 440 g/mol. The van der Waals surface area contributed by atoms with Gasteiger partial charge >= 0.3 is 6.18 Å². The molecule has 1 aromatic carbocycles. The van der Waals surface area contributed by atoms with Gasteiger partial charge in [-0.2, -0.15) is 13.2 Å². The van der Waals surface area contributed by atoms with Gasteiger partial charge < -0.3 is 4.74 Å². The molecule has 0 saturated carbocycles. The van der Waals surface area contributed by atoms with Crippen LogP contribution in [-0.2, 0) is 17.6 Å². The van der Waals surface area contributed by atoms with Gasteiger partial charge in [-0.3, -0.25) is 0 Å². The van der Waals surface area contributed by atoms with E-state index in [1.165, 1.54) is 16.7 Å². The van der Waals surface area contributed by atoms with Gasteiger partial charge in [-0.05, 0) is 24.2 Å². The second kappa shape index (κ2) is 7.59. The van der Waals surface area contributed by atoms with Crippen LogP contribution in [-0.4, -0.2) is 19.7 Å². The predicted molar refractivity (Wildman–Crippen MR) is 93.2 cm³/mol. The molecule has 1 aromatic heterocycles. The van der Waals surface area contributed by atoms with Crippen LogP contribution >= 0.6 is 15.9 Å². The van der Waals surface area contributed by atoms with E-state index in [1.54, 1.807) is 6.07 Å². The third-order valence-electron chi connectivity index (χ3n) is 3.54. The predicted octanol–water partition coefficient (Wildman–Crippen LogP) is 5.20. The molecule has 0 saturated heterocycles. The van der Waals surface area contributed by atoms with Crippen molar-refractivity contribution in [1.82, 2.24) is 4.98 Å². The molecule has 0 radical (unpaired) electrons. The molecule has 0 aliphatic carbocycles. The first kappa shape index (κ1) is 20.1. The molecule has 0 fully saturated rings. The summed E-state index contributed by atoms with van der Waals surface area (Å²) in [5.74, 6) is -0.605. The maximum absolute atomic E-state index is 14.2. The number of benzene rings is 1. The van der Waals surface area contributed by atoms with Crippen LogP contribution in [0.25, 0.3) is 11.4 Å². The van der Waals surface area contributed by atoms with Gasteiger partial charge in [-0.15, -0.1) is 0 Å². The SMILES string of the molecule is C[Si](C)(C)CCOC[n+]1cc(C(F)(F)F)[nH]c1-c1ccc(Br)cc1F. The van der Waals surface area contributed by atoms with E-state index >= 15 is 0 Å². The van der Waals surface area contributed by atoms with E-state index in [1.807, 2.05) is 0 Å². The molecular weight excluding hydrogens is 420 g/mol. The monoisotopic (exact) mass is 439 g/mol. The Labute approximate surface area is 153 Å². The normalized spacial score (nSPS) is 12.6. The summed E-state index contributed by atoms with van der Waals surface area (Å²) in [6.07, 6.45) is -3.64. The van der Waals surface area contributed by atoms with Crippen LogP contribution in [0.1, 0.15) is 5.69 Å². The first-order valence-corrected chi connectivity index (χ1v) is 12.2. The molecule has 0 aliphatic heterocycles. The Balaban J connectivity index is 2.29. The topological polar surface area (TPSA) is 28.9 Å². The lowest BCUT2D eigenvalue weighted by Crippen LogP contribution is -2.36. The Morgan fingerprint density at radius 2 is 1.92 bits per heavy atom. The zero-order chi connectivity index (χ0) is 18.8. The van der Waals surface area contributed by atoms with Crippen LogP contribution in [0, 0.1) is 5.82 Å². The second-order valence-corrected chi connectivity index (χ2v) is 13.5. The summed E-state index contributed by atoms with van der Waals surface area (Å²) < 4.78 is 60.5. The van der Waals surface area contributed by atoms with E-state index in [9.17, 15) is 17.6 Å². The first-order chi connectivity index (χ1) is 11.5. The summed E-state index contributed by atoms with van der Waals surface area (Å²) in [5, 5.41) is 0. The summed E-state index contributed by atoms with van der Waals surface area (Å²) >= 11 is 3.14. The minimum absolute atomic E-state index is 0.0188. The Kier molecular flexibility index (Phi) is 6.11. The highest BCUT2D eigenvalue weighted by Gasteiger charge is 2.39. The fourth-order valence-corrected chi connectivity index (χ4v) is 3.23. The first-order valence-electron chi connectivity index (χ1n) is 7.70. The van der Waals surface area contributed by atoms with E-state index < -0.39 is 25.8 Å². The maximum atomic E-state index is 14.2. The van der Waals surface area contributed by atoms with Gasteiger partial charge in [0.25, 0.3) is 5.82 Å². The van der Waals surface area contributed by atoms with Crippen molar-refractivity contribution >= 4 is 24.0 Å². The van der Waals surface area contributed by atoms with Gasteiger partial charge in [0.05, 0.1) is 5.56 Å². The van der Waals surface area contributed by atoms with E-state index in [2.05, 4.69) is 40.6 Å². The number of halogens is 5. The number of ether oxygens (including phenoxy) is 1. The summed E-state index contributed by atoms with van der Waals surface area (Å²) in [6, 6.07) is 5.10. The highest BCUT2D eigenvalue weighted by Crippen LogP contribution is 2.30. The molecule has 0 bridgehead atoms. The largest absolute Gasteiger partial charge is 0.457 e. The van der Waals surface area contributed by atoms with Crippen molar-refractivity contribution in [2.45, 2.75) is 38.6 Å². The van der Waals surface area contributed by atoms with Crippen molar-refractivity contribution in [3.8, 4) is 11.4 Å². The van der Waals surface area contributed by atoms with Gasteiger partial charge in [0.2, 0.25) is 5.69 Å². The molecule has 2 rings (SSSR count). The van der Waals surface area contributed by atoms with Crippen LogP contribution in [0.2, 0.25) is 25.7 Å². The number of alkyl halides is 3. The van der Waals surface area contributed by atoms with Crippen LogP contribution in [0.3, 0.4) is 0 Å². The van der Waals surface area contributed by atoms with Crippen molar-refractivity contribution in [3.05, 3.63) is 40.4 Å². The zero-order valence-corrected chi connectivity index (χ0v) is 16.8. The molecular formula is C16H20BrF4N2OSi+. The summed E-state index contributed by atoms with van der Waals surface area (Å²) in [4.78, 5) is 2.27. The Morgan fingerprint density at radius 3 is 2.48 bits per heavy atom. The average Bonchev–Trinajstić information content (AvgIpc) is 2.86. The summed E-state index contributed by atoms with van der Waals surface area (Å²) in [5.41, 5.74) is -0.897. The molecule has 138 valence electrons. The lowest BCUT2D eigenvalue weighted by molar-refractivity contribution is -0.721. The number of nitrogens with one attached hydrogen (secondary N) is 1. The van der Waals surface area contributed by atoms with Gasteiger partial charge in [0, 0.05) is 19.2 Å². The number of hydrogen-bond acceptors (Lipinski definition) is 1. The van der Waals surface area contributed by atoms with Crippen LogP contribution in [0.15, 0.2) is 28.9 Å². The minimum Gasteiger partial charge on any atom is -0.342 e. The van der Waals surface area contributed by atoms with Crippen LogP contribution in [0.5, 0.6) is 0 Å². The summed E-state index contributed by atoms with van der Waals surface area (Å²) in [7, 11) is -1.30. The van der Waals surface area contributed by atoms with Gasteiger partial charge in [-0.25, -0.2) is 13.9 Å². The Bertz CT molecular complexity index is 741. The second-order valence-electron chi connectivity index (χ2n) is 6.96. The molecule has 0 atom stereocenters. The lowest BCUT2D eigenvalue weighted by Gasteiger charge is -2.14. The number of aromatic nitrogens is 2. The van der Waals surface area contributed by atoms with Gasteiger partial charge in [0.15, 0.2) is 6.73 Å². The van der Waals surface area contributed by atoms with E-state index in [0.717, 1.165) is 12.2 Å². The minimum atomic E-state index is -4.55. The van der Waals surface area contributed by atoms with Crippen molar-refractivity contribution in [3.63, 3.8) is 0 Å². The Morgan fingerprint density at radius 1 is 1.24 bits per heavy atom. The molecule has 25 heavy (non-hydrogen) atoms. The Hall–Kier alpha value is -1.19. The highest BCUT2D eigenvalue weighted by atomic mass is 79.9. The molecule has 0 amide bonds. The fraction of sp³-hybridized carbons (Fsp3) is 0.438. The van der Waals surface area contributed by atoms with E-state index in [0.29, 0.717) is 11.1 Å². The van der Waals surface area contributed by atoms with Crippen molar-refractivity contribution in [1.29, 1.82) is 0 Å². The number of rotatable bonds is 6. The van der Waals surface area contributed by atoms with Gasteiger partial charge in [0.1, 0.15) is 12.0 Å². The third kappa shape index (κ3) is 5.65. The number of imidazole rings is 1. The molecule has 0 spiro atoms. The molecule has 2 aromatic rings. The van der Waals surface area contributed by atoms with Crippen LogP contribution in [0.4, 0.5) is 17.6 Å². The number of hydrogen-bond donors (Lipinski definition) is 1. The van der Waals surface area contributed by atoms with E-state index in [-0.39, 0.29) is 18.1 Å². The molecule has 1 N–H and O–H groups in total. The molecule has 9 heteroatoms. The zero-order valence-electron chi connectivity index (χ0n) is 14.2. The van der Waals surface area contributed by atoms with E-state index in [4.69, 9.17) is 4.74 Å². The molecule has 3 nitrogen and oxygen atoms in total. The third-order valence-corrected chi connectivity index (χ3v) is 5.74. The lowest BCUT2D eigenvalue weighted by atomic mass is 10.2. The van der Waals surface area contributed by atoms with Crippen molar-refractivity contribution in [2.75, 3.05) is 6.61 Å². The van der Waals surface area contributed by atoms with Crippen molar-refractivity contribution in [2.24, 2.45) is 0 Å². The quantitative estimate of drug-likeness (QED) is 0.285. The standard InChI is InChI=1S/C16H19BrF4N2OSi/c1-25(2,3)7-6-24-10-23-9-14(16(19,20)21)22-15(23)12-5-4-11(17)8-13(12)18/h4-5,8-9H,6-7,10H2,1-3H3/p+1. The summed E-state index contributed by atoms with van der Waals surface area (Å²) in [6.45, 7) is 6.93. The van der Waals surface area contributed by atoms with Gasteiger partial charge in [-0.1, -0.05) is 35.6 Å². The highest BCUT2D eigenvalue weighted by molar-refractivity contribution is 9.10. The number of aromatic amines is 1. The number of nitrogens with zero attached hydrogens (tertiary/aromatic N) is 1. The molecule has 1 heterocycles. The molecule has 0 aliphatic rings. The fourth-order valence-electron chi connectivity index (χ4n) is 2.14.